The van der Waals surface area contributed by atoms with E-state index in [1.807, 2.05) is 0 Å². The van der Waals surface area contributed by atoms with Gasteiger partial charge < -0.3 is 4.90 Å². The van der Waals surface area contributed by atoms with Crippen LogP contribution in [-0.4, -0.2) is 23.6 Å². The van der Waals surface area contributed by atoms with Gasteiger partial charge in [0.05, 0.1) is 5.41 Å². The number of amidine groups is 2. The Kier molecular flexibility index (Phi) is 8.01. The van der Waals surface area contributed by atoms with E-state index in [4.69, 9.17) is 9.98 Å². The Morgan fingerprint density at radius 1 is 0.431 bits per heavy atom. The molecule has 9 aromatic carbocycles. The van der Waals surface area contributed by atoms with Crippen LogP contribution in [0.25, 0.3) is 43.8 Å². The van der Waals surface area contributed by atoms with Crippen LogP contribution in [0.1, 0.15) is 45.1 Å². The van der Waals surface area contributed by atoms with Gasteiger partial charge in [0.2, 0.25) is 0 Å². The third-order valence-corrected chi connectivity index (χ3v) is 12.2. The molecule has 2 aliphatic rings. The summed E-state index contributed by atoms with van der Waals surface area (Å²) in [6.07, 6.45) is -0.346. The van der Waals surface area contributed by atoms with E-state index < -0.39 is 5.41 Å². The second kappa shape index (κ2) is 13.7. The predicted molar refractivity (Wildman–Crippen MR) is 241 cm³/mol. The quantitative estimate of drug-likeness (QED) is 0.167. The number of benzene rings is 9. The van der Waals surface area contributed by atoms with E-state index in [0.717, 1.165) is 39.3 Å². The Morgan fingerprint density at radius 2 is 0.966 bits per heavy atom. The summed E-state index contributed by atoms with van der Waals surface area (Å²) in [4.78, 5) is 13.3. The lowest BCUT2D eigenvalue weighted by Gasteiger charge is -2.36. The molecular formula is C55H39N3. The maximum absolute atomic E-state index is 5.57. The first-order valence-electron chi connectivity index (χ1n) is 20.0. The van der Waals surface area contributed by atoms with Crippen LogP contribution in [0.2, 0.25) is 0 Å². The molecular weight excluding hydrogens is 703 g/mol. The molecule has 0 spiro atoms. The highest BCUT2D eigenvalue weighted by atomic mass is 15.3. The van der Waals surface area contributed by atoms with Crippen LogP contribution in [0.5, 0.6) is 0 Å². The Hall–Kier alpha value is -7.36. The van der Waals surface area contributed by atoms with E-state index in [1.54, 1.807) is 0 Å². The fourth-order valence-corrected chi connectivity index (χ4v) is 9.57. The topological polar surface area (TPSA) is 28.0 Å². The predicted octanol–water partition coefficient (Wildman–Crippen LogP) is 12.9. The lowest BCUT2D eigenvalue weighted by Crippen LogP contribution is -2.36. The molecule has 0 aromatic heterocycles. The monoisotopic (exact) mass is 741 g/mol. The van der Waals surface area contributed by atoms with Crippen molar-refractivity contribution in [3.05, 3.63) is 251 Å². The number of aliphatic imine (C=N–C) groups is 2. The van der Waals surface area contributed by atoms with Crippen molar-refractivity contribution in [1.29, 1.82) is 0 Å². The minimum Gasteiger partial charge on any atom is -0.333 e. The summed E-state index contributed by atoms with van der Waals surface area (Å²) in [5.41, 5.74) is 12.6. The lowest BCUT2D eigenvalue weighted by molar-refractivity contribution is 0.382. The van der Waals surface area contributed by atoms with Gasteiger partial charge in [0.1, 0.15) is 5.84 Å². The first-order chi connectivity index (χ1) is 28.7. The Morgan fingerprint density at radius 3 is 1.69 bits per heavy atom. The van der Waals surface area contributed by atoms with Gasteiger partial charge in [-0.2, -0.15) is 0 Å². The maximum atomic E-state index is 5.57. The van der Waals surface area contributed by atoms with Crippen molar-refractivity contribution in [2.75, 3.05) is 7.05 Å². The van der Waals surface area contributed by atoms with Crippen LogP contribution in [-0.2, 0) is 5.41 Å². The number of nitrogens with zero attached hydrogens (tertiary/aromatic N) is 3. The highest BCUT2D eigenvalue weighted by molar-refractivity contribution is 6.17. The number of rotatable bonds is 6. The van der Waals surface area contributed by atoms with Crippen LogP contribution < -0.4 is 0 Å². The van der Waals surface area contributed by atoms with E-state index in [1.165, 1.54) is 55.1 Å². The molecule has 3 heteroatoms. The van der Waals surface area contributed by atoms with Gasteiger partial charge in [0.25, 0.3) is 0 Å². The SMILES string of the molecule is CN1C(c2cccc(-c3cccc4ccccc34)c2)=NC(c2cccc3ccccc23)=NC1c1ccc2c(c1)C(c1ccccc1)(c1ccccc1)c1ccccc1-2. The van der Waals surface area contributed by atoms with Crippen LogP contribution in [0, 0.1) is 0 Å². The van der Waals surface area contributed by atoms with Crippen LogP contribution >= 0.6 is 0 Å². The minimum absolute atomic E-state index is 0.346. The van der Waals surface area contributed by atoms with Crippen molar-refractivity contribution in [2.24, 2.45) is 9.98 Å². The molecule has 0 bridgehead atoms. The Labute approximate surface area is 339 Å². The number of fused-ring (bicyclic) bond motifs is 5. The van der Waals surface area contributed by atoms with Crippen molar-refractivity contribution in [3.8, 4) is 22.3 Å². The molecule has 0 fully saturated rings. The van der Waals surface area contributed by atoms with Crippen molar-refractivity contribution in [2.45, 2.75) is 11.6 Å². The van der Waals surface area contributed by atoms with E-state index in [9.17, 15) is 0 Å². The summed E-state index contributed by atoms with van der Waals surface area (Å²) >= 11 is 0. The van der Waals surface area contributed by atoms with Crippen LogP contribution in [0.15, 0.2) is 222 Å². The molecule has 0 N–H and O–H groups in total. The smallest absolute Gasteiger partial charge is 0.160 e. The van der Waals surface area contributed by atoms with Crippen molar-refractivity contribution in [3.63, 3.8) is 0 Å². The molecule has 11 rings (SSSR count). The summed E-state index contributed by atoms with van der Waals surface area (Å²) in [7, 11) is 2.14. The molecule has 0 amide bonds. The zero-order chi connectivity index (χ0) is 38.6. The van der Waals surface area contributed by atoms with Gasteiger partial charge in [-0.15, -0.1) is 0 Å². The van der Waals surface area contributed by atoms with Crippen LogP contribution in [0.3, 0.4) is 0 Å². The highest BCUT2D eigenvalue weighted by Gasteiger charge is 2.46. The molecule has 1 unspecified atom stereocenters. The molecule has 58 heavy (non-hydrogen) atoms. The molecule has 1 heterocycles. The molecule has 0 radical (unpaired) electrons. The minimum atomic E-state index is -0.510. The third-order valence-electron chi connectivity index (χ3n) is 12.2. The fourth-order valence-electron chi connectivity index (χ4n) is 9.57. The molecule has 0 saturated carbocycles. The van der Waals surface area contributed by atoms with E-state index in [0.29, 0.717) is 0 Å². The normalized spacial score (nSPS) is 15.5. The van der Waals surface area contributed by atoms with Gasteiger partial charge in [-0.1, -0.05) is 200 Å². The maximum Gasteiger partial charge on any atom is 0.160 e. The van der Waals surface area contributed by atoms with Gasteiger partial charge in [0, 0.05) is 18.2 Å². The van der Waals surface area contributed by atoms with Crippen molar-refractivity contribution < 1.29 is 0 Å². The largest absolute Gasteiger partial charge is 0.333 e. The zero-order valence-corrected chi connectivity index (χ0v) is 32.1. The Bertz CT molecular complexity index is 3040. The molecule has 1 atom stereocenters. The second-order valence-corrected chi connectivity index (χ2v) is 15.3. The molecule has 274 valence electrons. The third kappa shape index (κ3) is 5.28. The lowest BCUT2D eigenvalue weighted by atomic mass is 9.67. The highest BCUT2D eigenvalue weighted by Crippen LogP contribution is 2.56. The summed E-state index contributed by atoms with van der Waals surface area (Å²) in [6.45, 7) is 0. The molecule has 1 aliphatic heterocycles. The molecule has 0 saturated heterocycles. The van der Waals surface area contributed by atoms with Gasteiger partial charge in [-0.05, 0) is 83.7 Å². The number of hydrogen-bond donors (Lipinski definition) is 0. The van der Waals surface area contributed by atoms with Gasteiger partial charge in [-0.25, -0.2) is 9.98 Å². The fraction of sp³-hybridized carbons (Fsp3) is 0.0545. The molecule has 1 aliphatic carbocycles. The van der Waals surface area contributed by atoms with E-state index >= 15 is 0 Å². The van der Waals surface area contributed by atoms with E-state index in [-0.39, 0.29) is 6.17 Å². The number of hydrogen-bond acceptors (Lipinski definition) is 3. The Balaban J connectivity index is 1.12. The summed E-state index contributed by atoms with van der Waals surface area (Å²) in [5, 5.41) is 4.76. The van der Waals surface area contributed by atoms with Gasteiger partial charge in [-0.3, -0.25) is 0 Å². The summed E-state index contributed by atoms with van der Waals surface area (Å²) < 4.78 is 0. The zero-order valence-electron chi connectivity index (χ0n) is 32.1. The summed E-state index contributed by atoms with van der Waals surface area (Å²) in [6, 6.07) is 76.9. The van der Waals surface area contributed by atoms with Crippen molar-refractivity contribution >= 4 is 33.2 Å². The summed E-state index contributed by atoms with van der Waals surface area (Å²) in [5.74, 6) is 1.61. The van der Waals surface area contributed by atoms with Crippen LogP contribution in [0.4, 0.5) is 0 Å². The molecule has 3 nitrogen and oxygen atoms in total. The second-order valence-electron chi connectivity index (χ2n) is 15.3. The van der Waals surface area contributed by atoms with E-state index in [2.05, 4.69) is 224 Å². The van der Waals surface area contributed by atoms with Gasteiger partial charge >= 0.3 is 0 Å². The standard InChI is InChI=1S/C55H39N3/c1-58-53(40-22-14-21-39(35-40)46-30-15-19-37-17-8-10-27-44(37)46)56-52(49-31-16-20-38-18-9-11-28-45(38)49)57-54(58)41-33-34-48-47-29-12-13-32-50(47)55(51(48)36-41,42-23-4-2-5-24-42)43-25-6-3-7-26-43/h2-36,54H,1H3. The molecule has 9 aromatic rings. The first kappa shape index (κ1) is 33.9. The first-order valence-corrected chi connectivity index (χ1v) is 20.0. The van der Waals surface area contributed by atoms with Gasteiger partial charge in [0.15, 0.2) is 12.0 Å². The average Bonchev–Trinajstić information content (AvgIpc) is 3.60. The average molecular weight is 742 g/mol. The van der Waals surface area contributed by atoms with Crippen molar-refractivity contribution in [1.82, 2.24) is 4.90 Å².